The number of rotatable bonds is 5. The zero-order valence-corrected chi connectivity index (χ0v) is 9.06. The first-order chi connectivity index (χ1) is 7.21. The SMILES string of the molecule is COc1cc(OC)cc(C(N)CCO)c1. The Morgan fingerprint density at radius 1 is 1.20 bits per heavy atom. The number of hydrogen-bond acceptors (Lipinski definition) is 4. The van der Waals surface area contributed by atoms with Crippen molar-refractivity contribution in [3.8, 4) is 11.5 Å². The van der Waals surface area contributed by atoms with Crippen LogP contribution in [0.5, 0.6) is 11.5 Å². The largest absolute Gasteiger partial charge is 0.497 e. The number of hydrogen-bond donors (Lipinski definition) is 2. The lowest BCUT2D eigenvalue weighted by Crippen LogP contribution is -2.12. The number of nitrogens with two attached hydrogens (primary N) is 1. The van der Waals surface area contributed by atoms with Gasteiger partial charge in [-0.15, -0.1) is 0 Å². The Morgan fingerprint density at radius 2 is 1.73 bits per heavy atom. The smallest absolute Gasteiger partial charge is 0.122 e. The van der Waals surface area contributed by atoms with Crippen LogP contribution < -0.4 is 15.2 Å². The van der Waals surface area contributed by atoms with E-state index in [4.69, 9.17) is 20.3 Å². The number of methoxy groups -OCH3 is 2. The second kappa shape index (κ2) is 5.58. The van der Waals surface area contributed by atoms with Gasteiger partial charge in [0.05, 0.1) is 14.2 Å². The topological polar surface area (TPSA) is 64.7 Å². The van der Waals surface area contributed by atoms with Gasteiger partial charge in [0.15, 0.2) is 0 Å². The maximum Gasteiger partial charge on any atom is 0.122 e. The predicted octanol–water partition coefficient (Wildman–Crippen LogP) is 1.09. The highest BCUT2D eigenvalue weighted by atomic mass is 16.5. The Morgan fingerprint density at radius 3 is 2.13 bits per heavy atom. The van der Waals surface area contributed by atoms with Crippen LogP contribution in [0.3, 0.4) is 0 Å². The van der Waals surface area contributed by atoms with Crippen LogP contribution in [-0.2, 0) is 0 Å². The summed E-state index contributed by atoms with van der Waals surface area (Å²) in [4.78, 5) is 0. The van der Waals surface area contributed by atoms with Crippen LogP contribution in [0.1, 0.15) is 18.0 Å². The van der Waals surface area contributed by atoms with E-state index in [1.54, 1.807) is 20.3 Å². The van der Waals surface area contributed by atoms with Crippen LogP contribution in [0, 0.1) is 0 Å². The molecule has 1 unspecified atom stereocenters. The summed E-state index contributed by atoms with van der Waals surface area (Å²) in [5, 5.41) is 8.81. The molecule has 84 valence electrons. The van der Waals surface area contributed by atoms with Crippen molar-refractivity contribution in [2.24, 2.45) is 5.73 Å². The lowest BCUT2D eigenvalue weighted by atomic mass is 10.0. The molecular formula is C11H17NO3. The molecule has 0 radical (unpaired) electrons. The van der Waals surface area contributed by atoms with E-state index in [1.807, 2.05) is 12.1 Å². The minimum absolute atomic E-state index is 0.0701. The molecule has 1 aromatic carbocycles. The Hall–Kier alpha value is -1.26. The Bertz CT molecular complexity index is 292. The van der Waals surface area contributed by atoms with E-state index in [1.165, 1.54) is 0 Å². The third kappa shape index (κ3) is 3.11. The van der Waals surface area contributed by atoms with Gasteiger partial charge in [-0.05, 0) is 24.1 Å². The van der Waals surface area contributed by atoms with Gasteiger partial charge in [-0.2, -0.15) is 0 Å². The molecular weight excluding hydrogens is 194 g/mol. The van der Waals surface area contributed by atoms with Crippen molar-refractivity contribution in [2.45, 2.75) is 12.5 Å². The Balaban J connectivity index is 2.95. The Labute approximate surface area is 89.6 Å². The molecule has 0 aliphatic carbocycles. The molecule has 4 nitrogen and oxygen atoms in total. The quantitative estimate of drug-likeness (QED) is 0.765. The lowest BCUT2D eigenvalue weighted by Gasteiger charge is -2.13. The molecule has 0 saturated carbocycles. The molecule has 0 aromatic heterocycles. The monoisotopic (exact) mass is 211 g/mol. The van der Waals surface area contributed by atoms with E-state index < -0.39 is 0 Å². The molecule has 0 fully saturated rings. The zero-order valence-electron chi connectivity index (χ0n) is 9.06. The van der Waals surface area contributed by atoms with Crippen molar-refractivity contribution in [3.05, 3.63) is 23.8 Å². The van der Waals surface area contributed by atoms with Crippen molar-refractivity contribution in [1.82, 2.24) is 0 Å². The van der Waals surface area contributed by atoms with E-state index in [0.29, 0.717) is 17.9 Å². The molecule has 1 atom stereocenters. The molecule has 0 spiro atoms. The van der Waals surface area contributed by atoms with Gasteiger partial charge in [0.25, 0.3) is 0 Å². The average Bonchev–Trinajstić information content (AvgIpc) is 2.28. The highest BCUT2D eigenvalue weighted by Crippen LogP contribution is 2.26. The molecule has 15 heavy (non-hydrogen) atoms. The van der Waals surface area contributed by atoms with Crippen LogP contribution in [-0.4, -0.2) is 25.9 Å². The van der Waals surface area contributed by atoms with Gasteiger partial charge in [0, 0.05) is 18.7 Å². The normalized spacial score (nSPS) is 12.3. The van der Waals surface area contributed by atoms with Crippen molar-refractivity contribution >= 4 is 0 Å². The summed E-state index contributed by atoms with van der Waals surface area (Å²) < 4.78 is 10.3. The maximum atomic E-state index is 8.81. The number of aliphatic hydroxyl groups excluding tert-OH is 1. The second-order valence-electron chi connectivity index (χ2n) is 3.26. The summed E-state index contributed by atoms with van der Waals surface area (Å²) in [7, 11) is 3.19. The molecule has 0 amide bonds. The minimum Gasteiger partial charge on any atom is -0.497 e. The van der Waals surface area contributed by atoms with Crippen molar-refractivity contribution in [3.63, 3.8) is 0 Å². The van der Waals surface area contributed by atoms with E-state index in [2.05, 4.69) is 0 Å². The third-order valence-electron chi connectivity index (χ3n) is 2.24. The first-order valence-electron chi connectivity index (χ1n) is 4.80. The number of ether oxygens (including phenoxy) is 2. The molecule has 0 bridgehead atoms. The van der Waals surface area contributed by atoms with Gasteiger partial charge in [-0.3, -0.25) is 0 Å². The summed E-state index contributed by atoms with van der Waals surface area (Å²) in [5.74, 6) is 1.41. The van der Waals surface area contributed by atoms with Gasteiger partial charge in [0.2, 0.25) is 0 Å². The predicted molar refractivity (Wildman–Crippen MR) is 58.2 cm³/mol. The van der Waals surface area contributed by atoms with Crippen molar-refractivity contribution in [1.29, 1.82) is 0 Å². The molecule has 0 aliphatic rings. The van der Waals surface area contributed by atoms with Crippen molar-refractivity contribution in [2.75, 3.05) is 20.8 Å². The summed E-state index contributed by atoms with van der Waals surface area (Å²) >= 11 is 0. The van der Waals surface area contributed by atoms with E-state index >= 15 is 0 Å². The fourth-order valence-corrected chi connectivity index (χ4v) is 1.35. The van der Waals surface area contributed by atoms with Crippen LogP contribution >= 0.6 is 0 Å². The second-order valence-corrected chi connectivity index (χ2v) is 3.26. The molecule has 4 heteroatoms. The highest BCUT2D eigenvalue weighted by Gasteiger charge is 2.08. The number of aliphatic hydroxyl groups is 1. The van der Waals surface area contributed by atoms with Crippen molar-refractivity contribution < 1.29 is 14.6 Å². The molecule has 0 aliphatic heterocycles. The maximum absolute atomic E-state index is 8.81. The number of benzene rings is 1. The van der Waals surface area contributed by atoms with E-state index in [-0.39, 0.29) is 12.6 Å². The molecule has 1 aromatic rings. The van der Waals surface area contributed by atoms with E-state index in [9.17, 15) is 0 Å². The van der Waals surface area contributed by atoms with Crippen LogP contribution in [0.25, 0.3) is 0 Å². The van der Waals surface area contributed by atoms with Crippen LogP contribution in [0.2, 0.25) is 0 Å². The highest BCUT2D eigenvalue weighted by molar-refractivity contribution is 5.39. The first kappa shape index (κ1) is 11.8. The van der Waals surface area contributed by atoms with Gasteiger partial charge in [-0.25, -0.2) is 0 Å². The van der Waals surface area contributed by atoms with Crippen LogP contribution in [0.15, 0.2) is 18.2 Å². The summed E-state index contributed by atoms with van der Waals surface area (Å²) in [6.45, 7) is 0.0701. The summed E-state index contributed by atoms with van der Waals surface area (Å²) in [5.41, 5.74) is 6.78. The first-order valence-corrected chi connectivity index (χ1v) is 4.80. The molecule has 1 rings (SSSR count). The van der Waals surface area contributed by atoms with Gasteiger partial charge >= 0.3 is 0 Å². The third-order valence-corrected chi connectivity index (χ3v) is 2.24. The summed E-state index contributed by atoms with van der Waals surface area (Å²) in [6.07, 6.45) is 0.524. The fraction of sp³-hybridized carbons (Fsp3) is 0.455. The zero-order chi connectivity index (χ0) is 11.3. The average molecular weight is 211 g/mol. The van der Waals surface area contributed by atoms with Gasteiger partial charge in [0.1, 0.15) is 11.5 Å². The molecule has 0 heterocycles. The van der Waals surface area contributed by atoms with Gasteiger partial charge in [-0.1, -0.05) is 0 Å². The van der Waals surface area contributed by atoms with Gasteiger partial charge < -0.3 is 20.3 Å². The minimum atomic E-state index is -0.195. The fourth-order valence-electron chi connectivity index (χ4n) is 1.35. The van der Waals surface area contributed by atoms with Crippen LogP contribution in [0.4, 0.5) is 0 Å². The molecule has 3 N–H and O–H groups in total. The summed E-state index contributed by atoms with van der Waals surface area (Å²) in [6, 6.07) is 5.29. The standard InChI is InChI=1S/C11H17NO3/c1-14-9-5-8(11(12)3-4-13)6-10(7-9)15-2/h5-7,11,13H,3-4,12H2,1-2H3. The molecule has 0 saturated heterocycles. The Kier molecular flexibility index (Phi) is 4.39. The lowest BCUT2D eigenvalue weighted by molar-refractivity contribution is 0.276. The van der Waals surface area contributed by atoms with E-state index in [0.717, 1.165) is 5.56 Å².